The number of pyridine rings is 2. The molecule has 250 valence electrons. The van der Waals surface area contributed by atoms with Crippen LogP contribution in [0.3, 0.4) is 0 Å². The molecule has 0 aliphatic heterocycles. The summed E-state index contributed by atoms with van der Waals surface area (Å²) in [5.41, 5.74) is 8.82. The molecule has 0 aliphatic rings. The summed E-state index contributed by atoms with van der Waals surface area (Å²) in [4.78, 5) is 21.1. The van der Waals surface area contributed by atoms with E-state index in [9.17, 15) is 0 Å². The van der Waals surface area contributed by atoms with Gasteiger partial charge in [0.2, 0.25) is 0 Å². The quantitative estimate of drug-likeness (QED) is 0.137. The van der Waals surface area contributed by atoms with Crippen LogP contribution in [0, 0.1) is 0 Å². The van der Waals surface area contributed by atoms with Crippen molar-refractivity contribution in [3.63, 3.8) is 0 Å². The Labute approximate surface area is 311 Å². The van der Waals surface area contributed by atoms with Gasteiger partial charge in [-0.25, -0.2) is 15.0 Å². The Kier molecular flexibility index (Phi) is 6.82. The lowest BCUT2D eigenvalue weighted by Crippen LogP contribution is -1.99. The molecule has 4 heteroatoms. The maximum Gasteiger partial charge on any atom is 0.161 e. The van der Waals surface area contributed by atoms with Gasteiger partial charge in [-0.2, -0.15) is 0 Å². The van der Waals surface area contributed by atoms with Crippen LogP contribution in [0.5, 0.6) is 0 Å². The molecule has 0 aliphatic carbocycles. The van der Waals surface area contributed by atoms with Crippen molar-refractivity contribution in [2.24, 2.45) is 0 Å². The second-order valence-corrected chi connectivity index (χ2v) is 13.7. The fourth-order valence-electron chi connectivity index (χ4n) is 8.28. The Morgan fingerprint density at radius 1 is 0.333 bits per heavy atom. The van der Waals surface area contributed by atoms with Crippen LogP contribution >= 0.6 is 0 Å². The van der Waals surface area contributed by atoms with E-state index in [0.29, 0.717) is 5.82 Å². The summed E-state index contributed by atoms with van der Waals surface area (Å²) in [5.74, 6) is 0.689. The van der Waals surface area contributed by atoms with Crippen LogP contribution in [0.15, 0.2) is 182 Å². The lowest BCUT2D eigenvalue weighted by Gasteiger charge is -2.19. The first kappa shape index (κ1) is 30.3. The van der Waals surface area contributed by atoms with Gasteiger partial charge in [0.05, 0.1) is 28.1 Å². The monoisotopic (exact) mass is 686 g/mol. The molecule has 0 unspecified atom stereocenters. The van der Waals surface area contributed by atoms with Crippen molar-refractivity contribution in [2.75, 3.05) is 0 Å². The highest BCUT2D eigenvalue weighted by Gasteiger charge is 2.23. The number of fused-ring (bicyclic) bond motifs is 9. The minimum Gasteiger partial charge on any atom is -0.256 e. The largest absolute Gasteiger partial charge is 0.256 e. The zero-order valence-electron chi connectivity index (χ0n) is 29.1. The third kappa shape index (κ3) is 4.70. The molecular weight excluding hydrogens is 657 g/mol. The molecule has 0 amide bonds. The van der Waals surface area contributed by atoms with Crippen molar-refractivity contribution < 1.29 is 0 Å². The second-order valence-electron chi connectivity index (χ2n) is 13.7. The Morgan fingerprint density at radius 2 is 0.852 bits per heavy atom. The molecule has 54 heavy (non-hydrogen) atoms. The van der Waals surface area contributed by atoms with Crippen molar-refractivity contribution in [3.8, 4) is 45.2 Å². The van der Waals surface area contributed by atoms with E-state index in [2.05, 4.69) is 164 Å². The van der Waals surface area contributed by atoms with Crippen molar-refractivity contribution >= 4 is 64.9 Å². The van der Waals surface area contributed by atoms with Gasteiger partial charge in [0, 0.05) is 55.4 Å². The van der Waals surface area contributed by atoms with E-state index in [1.165, 1.54) is 10.8 Å². The average Bonchev–Trinajstić information content (AvgIpc) is 3.25. The van der Waals surface area contributed by atoms with Crippen LogP contribution in [0.25, 0.3) is 110 Å². The lowest BCUT2D eigenvalue weighted by atomic mass is 9.87. The van der Waals surface area contributed by atoms with E-state index in [-0.39, 0.29) is 0 Å². The van der Waals surface area contributed by atoms with Crippen LogP contribution < -0.4 is 0 Å². The highest BCUT2D eigenvalue weighted by molar-refractivity contribution is 6.30. The fourth-order valence-corrected chi connectivity index (χ4v) is 8.28. The van der Waals surface area contributed by atoms with E-state index < -0.39 is 0 Å². The van der Waals surface area contributed by atoms with Gasteiger partial charge in [-0.3, -0.25) is 4.98 Å². The standard InChI is InChI=1S/C50H30N4/c1-3-15-31(16-4-1)43-29-44(32-17-5-2-6-18-32)54-50(53-43)47-37-23-11-9-21-35(37)46(36-22-10-12-24-38(36)47)49-40-27-28-42-48(34-20-8-7-19-33(34)30-51-42)45(40)39-25-13-14-26-41(39)52-49/h1-30H. The predicted octanol–water partition coefficient (Wildman–Crippen LogP) is 12.9. The molecule has 3 heterocycles. The zero-order chi connectivity index (χ0) is 35.6. The van der Waals surface area contributed by atoms with E-state index in [1.807, 2.05) is 18.3 Å². The molecule has 0 atom stereocenters. The summed E-state index contributed by atoms with van der Waals surface area (Å²) in [6.45, 7) is 0. The van der Waals surface area contributed by atoms with Gasteiger partial charge in [-0.1, -0.05) is 152 Å². The Balaban J connectivity index is 1.28. The zero-order valence-corrected chi connectivity index (χ0v) is 29.1. The molecular formula is C50H30N4. The number of aromatic nitrogens is 4. The second kappa shape index (κ2) is 12.1. The first-order chi connectivity index (χ1) is 26.8. The molecule has 0 saturated carbocycles. The molecule has 8 aromatic carbocycles. The third-order valence-corrected chi connectivity index (χ3v) is 10.7. The summed E-state index contributed by atoms with van der Waals surface area (Å²) >= 11 is 0. The molecule has 0 N–H and O–H groups in total. The summed E-state index contributed by atoms with van der Waals surface area (Å²) in [5, 5.41) is 11.2. The summed E-state index contributed by atoms with van der Waals surface area (Å²) < 4.78 is 0. The topological polar surface area (TPSA) is 51.6 Å². The minimum atomic E-state index is 0.689. The van der Waals surface area contributed by atoms with Crippen LogP contribution in [0.2, 0.25) is 0 Å². The number of para-hydroxylation sites is 1. The predicted molar refractivity (Wildman–Crippen MR) is 224 cm³/mol. The van der Waals surface area contributed by atoms with Gasteiger partial charge in [0.15, 0.2) is 5.82 Å². The molecule has 0 fully saturated rings. The average molecular weight is 687 g/mol. The number of rotatable bonds is 4. The third-order valence-electron chi connectivity index (χ3n) is 10.7. The van der Waals surface area contributed by atoms with Gasteiger partial charge in [-0.05, 0) is 51.2 Å². The van der Waals surface area contributed by atoms with Gasteiger partial charge < -0.3 is 0 Å². The number of nitrogens with zero attached hydrogens (tertiary/aromatic N) is 4. The normalized spacial score (nSPS) is 11.7. The Bertz CT molecular complexity index is 3150. The molecule has 4 nitrogen and oxygen atoms in total. The van der Waals surface area contributed by atoms with Crippen LogP contribution in [-0.4, -0.2) is 19.9 Å². The molecule has 0 saturated heterocycles. The van der Waals surface area contributed by atoms with Crippen molar-refractivity contribution in [1.82, 2.24) is 19.9 Å². The van der Waals surface area contributed by atoms with Crippen LogP contribution in [-0.2, 0) is 0 Å². The van der Waals surface area contributed by atoms with Crippen molar-refractivity contribution in [3.05, 3.63) is 182 Å². The highest BCUT2D eigenvalue weighted by atomic mass is 14.9. The Morgan fingerprint density at radius 3 is 1.48 bits per heavy atom. The number of benzene rings is 8. The van der Waals surface area contributed by atoms with Crippen molar-refractivity contribution in [2.45, 2.75) is 0 Å². The summed E-state index contributed by atoms with van der Waals surface area (Å²) in [6.07, 6.45) is 1.98. The molecule has 3 aromatic heterocycles. The molecule has 11 aromatic rings. The minimum absolute atomic E-state index is 0.689. The van der Waals surface area contributed by atoms with Crippen LogP contribution in [0.1, 0.15) is 0 Å². The van der Waals surface area contributed by atoms with Crippen LogP contribution in [0.4, 0.5) is 0 Å². The maximum absolute atomic E-state index is 5.52. The smallest absolute Gasteiger partial charge is 0.161 e. The van der Waals surface area contributed by atoms with Gasteiger partial charge in [-0.15, -0.1) is 0 Å². The van der Waals surface area contributed by atoms with E-state index in [1.54, 1.807) is 0 Å². The van der Waals surface area contributed by atoms with E-state index in [4.69, 9.17) is 19.9 Å². The molecule has 11 rings (SSSR count). The molecule has 0 bridgehead atoms. The lowest BCUT2D eigenvalue weighted by molar-refractivity contribution is 1.19. The SMILES string of the molecule is c1ccc(-c2cc(-c3ccccc3)nc(-c3c4ccccc4c(-c4nc5ccccc5c5c4ccc4ncc6ccccc6c45)c4ccccc34)n2)cc1. The first-order valence-electron chi connectivity index (χ1n) is 18.2. The summed E-state index contributed by atoms with van der Waals surface area (Å²) in [6, 6.07) is 61.6. The van der Waals surface area contributed by atoms with Crippen molar-refractivity contribution in [1.29, 1.82) is 0 Å². The van der Waals surface area contributed by atoms with E-state index in [0.717, 1.165) is 93.5 Å². The summed E-state index contributed by atoms with van der Waals surface area (Å²) in [7, 11) is 0. The van der Waals surface area contributed by atoms with E-state index >= 15 is 0 Å². The van der Waals surface area contributed by atoms with Gasteiger partial charge in [0.25, 0.3) is 0 Å². The van der Waals surface area contributed by atoms with Gasteiger partial charge >= 0.3 is 0 Å². The molecule has 0 radical (unpaired) electrons. The Hall–Kier alpha value is -7.30. The molecule has 0 spiro atoms. The first-order valence-corrected chi connectivity index (χ1v) is 18.2. The fraction of sp³-hybridized carbons (Fsp3) is 0. The maximum atomic E-state index is 5.52. The number of hydrogen-bond acceptors (Lipinski definition) is 4. The van der Waals surface area contributed by atoms with Gasteiger partial charge in [0.1, 0.15) is 0 Å². The number of hydrogen-bond donors (Lipinski definition) is 0. The highest BCUT2D eigenvalue weighted by Crippen LogP contribution is 2.46.